The fraction of sp³-hybridized carbons (Fsp3) is 1.00. The van der Waals surface area contributed by atoms with Crippen molar-refractivity contribution in [3.8, 4) is 0 Å². The van der Waals surface area contributed by atoms with E-state index in [1.165, 1.54) is 0 Å². The highest BCUT2D eigenvalue weighted by molar-refractivity contribution is 7.52. The second kappa shape index (κ2) is 7.22. The van der Waals surface area contributed by atoms with Crippen molar-refractivity contribution in [2.75, 3.05) is 39.5 Å². The molecule has 2 heterocycles. The van der Waals surface area contributed by atoms with Crippen LogP contribution in [0.2, 0.25) is 0 Å². The van der Waals surface area contributed by atoms with Crippen LogP contribution >= 0.6 is 15.5 Å². The van der Waals surface area contributed by atoms with Gasteiger partial charge in [-0.3, -0.25) is 18.1 Å². The third-order valence-corrected chi connectivity index (χ3v) is 6.80. The van der Waals surface area contributed by atoms with Gasteiger partial charge in [0.05, 0.1) is 26.4 Å². The highest BCUT2D eigenvalue weighted by Crippen LogP contribution is 2.50. The van der Waals surface area contributed by atoms with E-state index in [9.17, 15) is 9.13 Å². The standard InChI is InChI=1S/C13H28N2O6P2/c1-12(2)5-8-18-22(16,19-9-12)14-6-7-15-23(17)20-10-13(3,4)11-21-23/h5-11H2,1-4H3,(H,14,16)(H,15,17). The van der Waals surface area contributed by atoms with Crippen LogP contribution in [0.25, 0.3) is 0 Å². The summed E-state index contributed by atoms with van der Waals surface area (Å²) in [6.45, 7) is 10.0. The van der Waals surface area contributed by atoms with Crippen LogP contribution in [-0.4, -0.2) is 39.5 Å². The molecule has 2 aliphatic heterocycles. The Kier molecular flexibility index (Phi) is 6.14. The van der Waals surface area contributed by atoms with E-state index in [1.807, 2.05) is 27.7 Å². The van der Waals surface area contributed by atoms with Crippen LogP contribution in [0, 0.1) is 10.8 Å². The van der Waals surface area contributed by atoms with Crippen molar-refractivity contribution in [2.24, 2.45) is 10.8 Å². The summed E-state index contributed by atoms with van der Waals surface area (Å²) in [6, 6.07) is 0. The molecule has 0 spiro atoms. The van der Waals surface area contributed by atoms with E-state index in [4.69, 9.17) is 18.1 Å². The molecule has 2 saturated heterocycles. The molecule has 8 nitrogen and oxygen atoms in total. The van der Waals surface area contributed by atoms with Gasteiger partial charge in [0.1, 0.15) is 0 Å². The average molecular weight is 370 g/mol. The molecule has 0 amide bonds. The molecule has 2 fully saturated rings. The van der Waals surface area contributed by atoms with Crippen molar-refractivity contribution in [1.29, 1.82) is 0 Å². The van der Waals surface area contributed by atoms with E-state index < -0.39 is 15.5 Å². The Labute approximate surface area is 138 Å². The molecular formula is C13H28N2O6P2. The van der Waals surface area contributed by atoms with Gasteiger partial charge in [-0.2, -0.15) is 0 Å². The van der Waals surface area contributed by atoms with Gasteiger partial charge >= 0.3 is 15.5 Å². The van der Waals surface area contributed by atoms with E-state index in [-0.39, 0.29) is 23.9 Å². The lowest BCUT2D eigenvalue weighted by Crippen LogP contribution is -2.34. The molecular weight excluding hydrogens is 342 g/mol. The van der Waals surface area contributed by atoms with Crippen LogP contribution in [0.15, 0.2) is 0 Å². The number of rotatable bonds is 5. The zero-order chi connectivity index (χ0) is 17.2. The Hall–Kier alpha value is 0.220. The lowest BCUT2D eigenvalue weighted by Gasteiger charge is -2.33. The first kappa shape index (κ1) is 19.5. The van der Waals surface area contributed by atoms with Gasteiger partial charge in [-0.25, -0.2) is 19.3 Å². The summed E-state index contributed by atoms with van der Waals surface area (Å²) < 4.78 is 46.1. The van der Waals surface area contributed by atoms with Crippen LogP contribution < -0.4 is 10.2 Å². The maximum Gasteiger partial charge on any atom is 0.405 e. The maximum atomic E-state index is 12.4. The van der Waals surface area contributed by atoms with Gasteiger partial charge < -0.3 is 0 Å². The first-order valence-corrected chi connectivity index (χ1v) is 10.9. The van der Waals surface area contributed by atoms with Crippen LogP contribution in [0.3, 0.4) is 0 Å². The molecule has 2 N–H and O–H groups in total. The summed E-state index contributed by atoms with van der Waals surface area (Å²) in [6.07, 6.45) is 0.781. The highest BCUT2D eigenvalue weighted by atomic mass is 31.2. The molecule has 0 aliphatic carbocycles. The molecule has 0 aromatic rings. The number of hydrogen-bond donors (Lipinski definition) is 2. The average Bonchev–Trinajstić information content (AvgIpc) is 2.59. The molecule has 0 aromatic carbocycles. The van der Waals surface area contributed by atoms with E-state index in [0.717, 1.165) is 6.42 Å². The molecule has 1 unspecified atom stereocenters. The van der Waals surface area contributed by atoms with Crippen molar-refractivity contribution in [3.63, 3.8) is 0 Å². The topological polar surface area (TPSA) is 95.1 Å². The van der Waals surface area contributed by atoms with Gasteiger partial charge in [0.2, 0.25) is 0 Å². The molecule has 0 radical (unpaired) electrons. The zero-order valence-corrected chi connectivity index (χ0v) is 16.1. The molecule has 2 aliphatic rings. The monoisotopic (exact) mass is 370 g/mol. The van der Waals surface area contributed by atoms with Crippen molar-refractivity contribution < 1.29 is 27.2 Å². The molecule has 1 atom stereocenters. The van der Waals surface area contributed by atoms with Crippen LogP contribution in [0.5, 0.6) is 0 Å². The van der Waals surface area contributed by atoms with E-state index in [0.29, 0.717) is 26.4 Å². The Morgan fingerprint density at radius 1 is 0.783 bits per heavy atom. The SMILES string of the molecule is CC1(C)CCOP(=O)(NCCNP2(=O)OCC(C)(C)CO2)OC1. The van der Waals surface area contributed by atoms with Gasteiger partial charge in [0.25, 0.3) is 0 Å². The molecule has 10 heteroatoms. The fourth-order valence-corrected chi connectivity index (χ4v) is 5.15. The van der Waals surface area contributed by atoms with Crippen molar-refractivity contribution in [3.05, 3.63) is 0 Å². The van der Waals surface area contributed by atoms with Gasteiger partial charge in [-0.15, -0.1) is 0 Å². The summed E-state index contributed by atoms with van der Waals surface area (Å²) in [4.78, 5) is 0. The Morgan fingerprint density at radius 2 is 1.22 bits per heavy atom. The lowest BCUT2D eigenvalue weighted by molar-refractivity contribution is 0.0373. The minimum atomic E-state index is -3.31. The smallest absolute Gasteiger partial charge is 0.297 e. The first-order valence-electron chi connectivity index (χ1n) is 7.82. The maximum absolute atomic E-state index is 12.4. The Morgan fingerprint density at radius 3 is 1.74 bits per heavy atom. The summed E-state index contributed by atoms with van der Waals surface area (Å²) in [7, 11) is -6.59. The second-order valence-electron chi connectivity index (χ2n) is 7.54. The quantitative estimate of drug-likeness (QED) is 0.563. The minimum Gasteiger partial charge on any atom is -0.297 e. The molecule has 136 valence electrons. The predicted octanol–water partition coefficient (Wildman–Crippen LogP) is 2.92. The van der Waals surface area contributed by atoms with Crippen LogP contribution in [0.1, 0.15) is 34.1 Å². The summed E-state index contributed by atoms with van der Waals surface area (Å²) in [5, 5.41) is 5.51. The number of nitrogens with one attached hydrogen (secondary N) is 2. The van der Waals surface area contributed by atoms with Gasteiger partial charge in [-0.1, -0.05) is 27.7 Å². The third-order valence-electron chi connectivity index (χ3n) is 3.65. The second-order valence-corrected chi connectivity index (χ2v) is 11.2. The van der Waals surface area contributed by atoms with Crippen LogP contribution in [-0.2, 0) is 27.2 Å². The Balaban J connectivity index is 1.73. The summed E-state index contributed by atoms with van der Waals surface area (Å²) in [5.41, 5.74) is -0.208. The van der Waals surface area contributed by atoms with Crippen molar-refractivity contribution in [2.45, 2.75) is 34.1 Å². The largest absolute Gasteiger partial charge is 0.405 e. The predicted molar refractivity (Wildman–Crippen MR) is 87.2 cm³/mol. The van der Waals surface area contributed by atoms with E-state index in [2.05, 4.69) is 10.2 Å². The zero-order valence-electron chi connectivity index (χ0n) is 14.3. The minimum absolute atomic E-state index is 0.0622. The fourth-order valence-electron chi connectivity index (χ4n) is 1.98. The highest BCUT2D eigenvalue weighted by Gasteiger charge is 2.37. The summed E-state index contributed by atoms with van der Waals surface area (Å²) in [5.74, 6) is 0. The molecule has 2 rings (SSSR count). The molecule has 0 aromatic heterocycles. The third kappa shape index (κ3) is 6.22. The van der Waals surface area contributed by atoms with Gasteiger partial charge in [-0.05, 0) is 11.8 Å². The van der Waals surface area contributed by atoms with Crippen molar-refractivity contribution >= 4 is 15.5 Å². The van der Waals surface area contributed by atoms with Crippen LogP contribution in [0.4, 0.5) is 0 Å². The molecule has 23 heavy (non-hydrogen) atoms. The Bertz CT molecular complexity index is 497. The van der Waals surface area contributed by atoms with E-state index in [1.54, 1.807) is 0 Å². The lowest BCUT2D eigenvalue weighted by atomic mass is 9.91. The first-order chi connectivity index (χ1) is 10.5. The van der Waals surface area contributed by atoms with Gasteiger partial charge in [0.15, 0.2) is 0 Å². The van der Waals surface area contributed by atoms with E-state index >= 15 is 0 Å². The normalized spacial score (nSPS) is 33.0. The summed E-state index contributed by atoms with van der Waals surface area (Å²) >= 11 is 0. The van der Waals surface area contributed by atoms with Gasteiger partial charge in [0, 0.05) is 18.5 Å². The molecule has 0 saturated carbocycles. The molecule has 0 bridgehead atoms. The number of hydrogen-bond acceptors (Lipinski definition) is 6. The van der Waals surface area contributed by atoms with Crippen molar-refractivity contribution in [1.82, 2.24) is 10.2 Å².